The molecule has 0 amide bonds. The Morgan fingerprint density at radius 3 is 2.59 bits per heavy atom. The molecule has 1 atom stereocenters. The quantitative estimate of drug-likeness (QED) is 0.806. The van der Waals surface area contributed by atoms with E-state index >= 15 is 0 Å². The molecule has 0 aromatic heterocycles. The van der Waals surface area contributed by atoms with E-state index in [9.17, 15) is 4.39 Å². The number of rotatable bonds is 1. The van der Waals surface area contributed by atoms with Crippen LogP contribution < -0.4 is 10.2 Å². The van der Waals surface area contributed by atoms with Gasteiger partial charge in [0.1, 0.15) is 5.82 Å². The molecule has 1 aromatic rings. The summed E-state index contributed by atoms with van der Waals surface area (Å²) in [6, 6.07) is 7.29. The third kappa shape index (κ3) is 2.60. The number of halogens is 1. The number of hydrogen-bond donors (Lipinski definition) is 1. The second-order valence-electron chi connectivity index (χ2n) is 5.47. The molecule has 0 saturated carbocycles. The van der Waals surface area contributed by atoms with Gasteiger partial charge in [0.25, 0.3) is 0 Å². The Balaban J connectivity index is 2.34. The van der Waals surface area contributed by atoms with Crippen LogP contribution in [0, 0.1) is 5.82 Å². The van der Waals surface area contributed by atoms with Crippen LogP contribution in [0.1, 0.15) is 27.2 Å². The predicted octanol–water partition coefficient (Wildman–Crippen LogP) is 2.79. The molecule has 0 bridgehead atoms. The summed E-state index contributed by atoms with van der Waals surface area (Å²) in [5, 5.41) is 3.46. The third-order valence-electron chi connectivity index (χ3n) is 3.49. The Bertz CT molecular complexity index is 372. The molecule has 1 aliphatic rings. The number of benzene rings is 1. The molecular weight excluding hydrogens is 215 g/mol. The van der Waals surface area contributed by atoms with Gasteiger partial charge >= 0.3 is 0 Å². The van der Waals surface area contributed by atoms with Crippen LogP contribution in [0.4, 0.5) is 10.1 Å². The van der Waals surface area contributed by atoms with Crippen molar-refractivity contribution >= 4 is 5.69 Å². The van der Waals surface area contributed by atoms with Crippen molar-refractivity contribution in [2.24, 2.45) is 0 Å². The van der Waals surface area contributed by atoms with Crippen LogP contribution in [0.3, 0.4) is 0 Å². The Morgan fingerprint density at radius 1 is 1.29 bits per heavy atom. The Labute approximate surface area is 103 Å². The maximum absolute atomic E-state index is 13.0. The fraction of sp³-hybridized carbons (Fsp3) is 0.571. The lowest BCUT2D eigenvalue weighted by molar-refractivity contribution is 0.433. The Morgan fingerprint density at radius 2 is 1.94 bits per heavy atom. The highest BCUT2D eigenvalue weighted by Crippen LogP contribution is 2.29. The van der Waals surface area contributed by atoms with E-state index in [1.54, 1.807) is 0 Å². The van der Waals surface area contributed by atoms with Crippen LogP contribution >= 0.6 is 0 Å². The molecule has 1 heterocycles. The maximum atomic E-state index is 13.0. The van der Waals surface area contributed by atoms with E-state index in [-0.39, 0.29) is 11.4 Å². The van der Waals surface area contributed by atoms with Gasteiger partial charge in [-0.05, 0) is 58.0 Å². The predicted molar refractivity (Wildman–Crippen MR) is 69.9 cm³/mol. The first-order chi connectivity index (χ1) is 8.00. The largest absolute Gasteiger partial charge is 0.362 e. The molecule has 17 heavy (non-hydrogen) atoms. The van der Waals surface area contributed by atoms with Gasteiger partial charge in [0.05, 0.1) is 0 Å². The SMILES string of the molecule is CC1CCNCC(C)(C)N1c1ccc(F)cc1. The maximum Gasteiger partial charge on any atom is 0.123 e. The second kappa shape index (κ2) is 4.65. The zero-order valence-electron chi connectivity index (χ0n) is 10.8. The molecule has 3 heteroatoms. The lowest BCUT2D eigenvalue weighted by atomic mass is 9.99. The summed E-state index contributed by atoms with van der Waals surface area (Å²) in [7, 11) is 0. The molecule has 1 aromatic carbocycles. The van der Waals surface area contributed by atoms with Gasteiger partial charge in [-0.3, -0.25) is 0 Å². The minimum atomic E-state index is -0.174. The van der Waals surface area contributed by atoms with Gasteiger partial charge < -0.3 is 10.2 Å². The summed E-state index contributed by atoms with van der Waals surface area (Å²) in [5.41, 5.74) is 1.15. The normalized spacial score (nSPS) is 24.5. The molecule has 2 rings (SSSR count). The molecule has 1 unspecified atom stereocenters. The molecule has 94 valence electrons. The van der Waals surface area contributed by atoms with E-state index in [4.69, 9.17) is 0 Å². The molecule has 1 saturated heterocycles. The summed E-state index contributed by atoms with van der Waals surface area (Å²) in [5.74, 6) is -0.174. The second-order valence-corrected chi connectivity index (χ2v) is 5.47. The summed E-state index contributed by atoms with van der Waals surface area (Å²) in [6.45, 7) is 8.69. The highest BCUT2D eigenvalue weighted by atomic mass is 19.1. The van der Waals surface area contributed by atoms with Crippen LogP contribution in [-0.4, -0.2) is 24.7 Å². The van der Waals surface area contributed by atoms with Crippen molar-refractivity contribution in [2.45, 2.75) is 38.8 Å². The lowest BCUT2D eigenvalue weighted by Crippen LogP contribution is -2.51. The number of nitrogens with zero attached hydrogens (tertiary/aromatic N) is 1. The van der Waals surface area contributed by atoms with Crippen LogP contribution in [0.2, 0.25) is 0 Å². The van der Waals surface area contributed by atoms with E-state index in [1.807, 2.05) is 12.1 Å². The molecule has 1 N–H and O–H groups in total. The Kier molecular flexibility index (Phi) is 3.38. The molecular formula is C14H21FN2. The van der Waals surface area contributed by atoms with Crippen LogP contribution in [0.25, 0.3) is 0 Å². The van der Waals surface area contributed by atoms with Crippen molar-refractivity contribution in [3.05, 3.63) is 30.1 Å². The van der Waals surface area contributed by atoms with Gasteiger partial charge in [-0.25, -0.2) is 4.39 Å². The Hall–Kier alpha value is -1.09. The smallest absolute Gasteiger partial charge is 0.123 e. The van der Waals surface area contributed by atoms with E-state index in [2.05, 4.69) is 31.0 Å². The molecule has 2 nitrogen and oxygen atoms in total. The monoisotopic (exact) mass is 236 g/mol. The average Bonchev–Trinajstić information content (AvgIpc) is 2.39. The fourth-order valence-corrected chi connectivity index (χ4v) is 2.72. The van der Waals surface area contributed by atoms with Crippen LogP contribution in [0.15, 0.2) is 24.3 Å². The first-order valence-corrected chi connectivity index (χ1v) is 6.26. The fourth-order valence-electron chi connectivity index (χ4n) is 2.72. The molecule has 0 spiro atoms. The molecule has 0 radical (unpaired) electrons. The first-order valence-electron chi connectivity index (χ1n) is 6.26. The lowest BCUT2D eigenvalue weighted by Gasteiger charge is -2.42. The van der Waals surface area contributed by atoms with Gasteiger partial charge in [-0.2, -0.15) is 0 Å². The number of hydrogen-bond acceptors (Lipinski definition) is 2. The summed E-state index contributed by atoms with van der Waals surface area (Å²) in [6.07, 6.45) is 1.11. The molecule has 1 fully saturated rings. The summed E-state index contributed by atoms with van der Waals surface area (Å²) >= 11 is 0. The van der Waals surface area contributed by atoms with Gasteiger partial charge in [0.2, 0.25) is 0 Å². The topological polar surface area (TPSA) is 15.3 Å². The minimum absolute atomic E-state index is 0.0494. The van der Waals surface area contributed by atoms with E-state index in [1.165, 1.54) is 12.1 Å². The van der Waals surface area contributed by atoms with E-state index in [0.29, 0.717) is 6.04 Å². The first kappa shape index (κ1) is 12.4. The average molecular weight is 236 g/mol. The summed E-state index contributed by atoms with van der Waals surface area (Å²) < 4.78 is 13.0. The standard InChI is InChI=1S/C14H21FN2/c1-11-8-9-16-10-14(2,3)17(11)13-6-4-12(15)5-7-13/h4-7,11,16H,8-10H2,1-3H3. The van der Waals surface area contributed by atoms with E-state index < -0.39 is 0 Å². The number of nitrogens with one attached hydrogen (secondary N) is 1. The van der Waals surface area contributed by atoms with Crippen molar-refractivity contribution in [1.29, 1.82) is 0 Å². The zero-order valence-corrected chi connectivity index (χ0v) is 10.8. The van der Waals surface area contributed by atoms with E-state index in [0.717, 1.165) is 25.2 Å². The minimum Gasteiger partial charge on any atom is -0.362 e. The van der Waals surface area contributed by atoms with Crippen LogP contribution in [-0.2, 0) is 0 Å². The van der Waals surface area contributed by atoms with Crippen molar-refractivity contribution in [3.63, 3.8) is 0 Å². The molecule has 1 aliphatic heterocycles. The highest BCUT2D eigenvalue weighted by Gasteiger charge is 2.32. The zero-order chi connectivity index (χ0) is 12.5. The molecule has 0 aliphatic carbocycles. The van der Waals surface area contributed by atoms with Gasteiger partial charge in [0, 0.05) is 23.8 Å². The van der Waals surface area contributed by atoms with Gasteiger partial charge in [-0.15, -0.1) is 0 Å². The van der Waals surface area contributed by atoms with Crippen molar-refractivity contribution in [1.82, 2.24) is 5.32 Å². The third-order valence-corrected chi connectivity index (χ3v) is 3.49. The highest BCUT2D eigenvalue weighted by molar-refractivity contribution is 5.50. The van der Waals surface area contributed by atoms with Gasteiger partial charge in [0.15, 0.2) is 0 Å². The van der Waals surface area contributed by atoms with Crippen molar-refractivity contribution in [2.75, 3.05) is 18.0 Å². The van der Waals surface area contributed by atoms with Crippen LogP contribution in [0.5, 0.6) is 0 Å². The van der Waals surface area contributed by atoms with Crippen molar-refractivity contribution in [3.8, 4) is 0 Å². The number of anilines is 1. The van der Waals surface area contributed by atoms with Gasteiger partial charge in [-0.1, -0.05) is 0 Å². The summed E-state index contributed by atoms with van der Waals surface area (Å²) in [4.78, 5) is 2.40. The van der Waals surface area contributed by atoms with Crippen molar-refractivity contribution < 1.29 is 4.39 Å².